The fourth-order valence-electron chi connectivity index (χ4n) is 2.42. The molecule has 0 aromatic rings. The molecule has 0 aliphatic carbocycles. The van der Waals surface area contributed by atoms with E-state index in [0.717, 1.165) is 19.3 Å². The number of hydrogen-bond acceptors (Lipinski definition) is 1. The Morgan fingerprint density at radius 3 is 1.67 bits per heavy atom. The normalized spacial score (nSPS) is 12.6. The van der Waals surface area contributed by atoms with Crippen molar-refractivity contribution >= 4 is 5.91 Å². The molecule has 1 amide bonds. The van der Waals surface area contributed by atoms with Crippen LogP contribution in [0.15, 0.2) is 0 Å². The summed E-state index contributed by atoms with van der Waals surface area (Å²) in [4.78, 5) is 11.3. The van der Waals surface area contributed by atoms with E-state index in [1.54, 1.807) is 0 Å². The number of hydrogen-bond donors (Lipinski definition) is 1. The van der Waals surface area contributed by atoms with E-state index >= 15 is 0 Å². The van der Waals surface area contributed by atoms with Gasteiger partial charge in [-0.15, -0.1) is 0 Å². The number of carbonyl (C=O) groups is 1. The molecule has 0 fully saturated rings. The number of rotatable bonds is 13. The monoisotopic (exact) mass is 255 g/mol. The van der Waals surface area contributed by atoms with Crippen LogP contribution in [-0.4, -0.2) is 5.91 Å². The van der Waals surface area contributed by atoms with Gasteiger partial charge in [-0.3, -0.25) is 4.79 Å². The number of nitrogens with two attached hydrogens (primary N) is 1. The zero-order valence-corrected chi connectivity index (χ0v) is 12.5. The first-order chi connectivity index (χ1) is 8.72. The second kappa shape index (κ2) is 12.9. The molecular formula is C16H33NO. The van der Waals surface area contributed by atoms with Crippen molar-refractivity contribution in [1.82, 2.24) is 0 Å². The Hall–Kier alpha value is -0.530. The summed E-state index contributed by atoms with van der Waals surface area (Å²) in [7, 11) is 0. The quantitative estimate of drug-likeness (QED) is 0.472. The van der Waals surface area contributed by atoms with Crippen LogP contribution in [0.2, 0.25) is 0 Å². The topological polar surface area (TPSA) is 43.1 Å². The van der Waals surface area contributed by atoms with Gasteiger partial charge in [0.15, 0.2) is 0 Å². The number of carbonyl (C=O) groups excluding carboxylic acids is 1. The van der Waals surface area contributed by atoms with E-state index in [4.69, 9.17) is 5.73 Å². The van der Waals surface area contributed by atoms with Gasteiger partial charge in [0.1, 0.15) is 0 Å². The lowest BCUT2D eigenvalue weighted by Crippen LogP contribution is -2.23. The highest BCUT2D eigenvalue weighted by molar-refractivity contribution is 5.76. The molecule has 2 N–H and O–H groups in total. The van der Waals surface area contributed by atoms with Crippen LogP contribution >= 0.6 is 0 Å². The zero-order chi connectivity index (χ0) is 13.6. The van der Waals surface area contributed by atoms with Crippen molar-refractivity contribution in [2.75, 3.05) is 0 Å². The molecule has 0 aliphatic rings. The van der Waals surface area contributed by atoms with E-state index in [2.05, 4.69) is 13.8 Å². The molecule has 0 heterocycles. The van der Waals surface area contributed by atoms with Crippen LogP contribution in [-0.2, 0) is 4.79 Å². The molecule has 0 spiro atoms. The summed E-state index contributed by atoms with van der Waals surface area (Å²) in [6, 6.07) is 0. The summed E-state index contributed by atoms with van der Waals surface area (Å²) >= 11 is 0. The highest BCUT2D eigenvalue weighted by Crippen LogP contribution is 2.18. The second-order valence-electron chi connectivity index (χ2n) is 5.51. The van der Waals surface area contributed by atoms with Crippen molar-refractivity contribution in [3.8, 4) is 0 Å². The van der Waals surface area contributed by atoms with Crippen LogP contribution in [0.25, 0.3) is 0 Å². The molecule has 1 atom stereocenters. The molecule has 0 saturated heterocycles. The summed E-state index contributed by atoms with van der Waals surface area (Å²) < 4.78 is 0. The minimum atomic E-state index is -0.0860. The van der Waals surface area contributed by atoms with Gasteiger partial charge in [0.25, 0.3) is 0 Å². The predicted molar refractivity (Wildman–Crippen MR) is 79.4 cm³/mol. The first-order valence-corrected chi connectivity index (χ1v) is 8.01. The van der Waals surface area contributed by atoms with E-state index in [-0.39, 0.29) is 11.8 Å². The average molecular weight is 255 g/mol. The molecule has 0 aromatic carbocycles. The third kappa shape index (κ3) is 10.6. The number of primary amides is 1. The van der Waals surface area contributed by atoms with Crippen molar-refractivity contribution in [2.45, 2.75) is 90.9 Å². The highest BCUT2D eigenvalue weighted by atomic mass is 16.1. The minimum absolute atomic E-state index is 0.0860. The van der Waals surface area contributed by atoms with Crippen molar-refractivity contribution in [2.24, 2.45) is 11.7 Å². The molecule has 2 nitrogen and oxygen atoms in total. The van der Waals surface area contributed by atoms with Gasteiger partial charge in [-0.05, 0) is 12.8 Å². The third-order valence-electron chi connectivity index (χ3n) is 3.71. The summed E-state index contributed by atoms with van der Waals surface area (Å²) in [5.74, 6) is 0.0456. The summed E-state index contributed by atoms with van der Waals surface area (Å²) in [6.07, 6.45) is 14.7. The fraction of sp³-hybridized carbons (Fsp3) is 0.938. The molecular weight excluding hydrogens is 222 g/mol. The molecule has 0 rings (SSSR count). The Kier molecular flexibility index (Phi) is 12.5. The van der Waals surface area contributed by atoms with Crippen molar-refractivity contribution in [1.29, 1.82) is 0 Å². The smallest absolute Gasteiger partial charge is 0.220 e. The minimum Gasteiger partial charge on any atom is -0.369 e. The van der Waals surface area contributed by atoms with Crippen LogP contribution < -0.4 is 5.73 Å². The van der Waals surface area contributed by atoms with Crippen molar-refractivity contribution in [3.63, 3.8) is 0 Å². The van der Waals surface area contributed by atoms with Gasteiger partial charge >= 0.3 is 0 Å². The van der Waals surface area contributed by atoms with Gasteiger partial charge in [-0.1, -0.05) is 78.1 Å². The second-order valence-corrected chi connectivity index (χ2v) is 5.51. The van der Waals surface area contributed by atoms with Crippen molar-refractivity contribution < 1.29 is 4.79 Å². The fourth-order valence-corrected chi connectivity index (χ4v) is 2.42. The van der Waals surface area contributed by atoms with Crippen molar-refractivity contribution in [3.05, 3.63) is 0 Å². The van der Waals surface area contributed by atoms with Crippen LogP contribution in [0, 0.1) is 5.92 Å². The maximum Gasteiger partial charge on any atom is 0.220 e. The van der Waals surface area contributed by atoms with Gasteiger partial charge < -0.3 is 5.73 Å². The maximum absolute atomic E-state index is 11.3. The Balaban J connectivity index is 3.49. The first kappa shape index (κ1) is 17.5. The molecule has 0 radical (unpaired) electrons. The molecule has 0 saturated carbocycles. The van der Waals surface area contributed by atoms with Crippen LogP contribution in [0.5, 0.6) is 0 Å². The summed E-state index contributed by atoms with van der Waals surface area (Å²) in [6.45, 7) is 4.43. The Morgan fingerprint density at radius 1 is 0.778 bits per heavy atom. The molecule has 18 heavy (non-hydrogen) atoms. The molecule has 0 aromatic heterocycles. The van der Waals surface area contributed by atoms with E-state index in [0.29, 0.717) is 0 Å². The summed E-state index contributed by atoms with van der Waals surface area (Å²) in [5.41, 5.74) is 5.46. The van der Waals surface area contributed by atoms with Crippen LogP contribution in [0.4, 0.5) is 0 Å². The SMILES string of the molecule is CCCCCCCCC[C@H](CCCCC)C(N)=O. The Labute approximate surface area is 114 Å². The van der Waals surface area contributed by atoms with Gasteiger partial charge in [0.2, 0.25) is 5.91 Å². The van der Waals surface area contributed by atoms with Crippen LogP contribution in [0.1, 0.15) is 90.9 Å². The Bertz CT molecular complexity index is 192. The zero-order valence-electron chi connectivity index (χ0n) is 12.5. The highest BCUT2D eigenvalue weighted by Gasteiger charge is 2.13. The van der Waals surface area contributed by atoms with E-state index in [1.807, 2.05) is 0 Å². The molecule has 0 aliphatic heterocycles. The average Bonchev–Trinajstić information content (AvgIpc) is 2.35. The lowest BCUT2D eigenvalue weighted by Gasteiger charge is -2.12. The van der Waals surface area contributed by atoms with E-state index in [1.165, 1.54) is 57.8 Å². The van der Waals surface area contributed by atoms with Gasteiger partial charge in [-0.2, -0.15) is 0 Å². The number of amides is 1. The molecule has 2 heteroatoms. The molecule has 108 valence electrons. The Morgan fingerprint density at radius 2 is 1.17 bits per heavy atom. The number of unbranched alkanes of at least 4 members (excludes halogenated alkanes) is 8. The predicted octanol–water partition coefficient (Wildman–Crippen LogP) is 4.81. The van der Waals surface area contributed by atoms with E-state index in [9.17, 15) is 4.79 Å². The summed E-state index contributed by atoms with van der Waals surface area (Å²) in [5, 5.41) is 0. The van der Waals surface area contributed by atoms with E-state index < -0.39 is 0 Å². The lowest BCUT2D eigenvalue weighted by molar-refractivity contribution is -0.122. The third-order valence-corrected chi connectivity index (χ3v) is 3.71. The standard InChI is InChI=1S/C16H33NO/c1-3-5-7-8-9-10-12-14-15(16(17)18)13-11-6-4-2/h15H,3-14H2,1-2H3,(H2,17,18)/t15-/m0/s1. The molecule has 0 bridgehead atoms. The van der Waals surface area contributed by atoms with Crippen LogP contribution in [0.3, 0.4) is 0 Å². The lowest BCUT2D eigenvalue weighted by atomic mass is 9.94. The van der Waals surface area contributed by atoms with Gasteiger partial charge in [-0.25, -0.2) is 0 Å². The first-order valence-electron chi connectivity index (χ1n) is 8.01. The van der Waals surface area contributed by atoms with Gasteiger partial charge in [0, 0.05) is 5.92 Å². The maximum atomic E-state index is 11.3. The largest absolute Gasteiger partial charge is 0.369 e. The molecule has 0 unspecified atom stereocenters. The van der Waals surface area contributed by atoms with Gasteiger partial charge in [0.05, 0.1) is 0 Å².